The number of thioether (sulfide) groups is 1. The molecule has 3 amide bonds. The highest BCUT2D eigenvalue weighted by molar-refractivity contribution is 7.98. The number of aliphatic hydroxyl groups is 1. The minimum Gasteiger partial charge on any atom is -0.481 e. The molecule has 4 unspecified atom stereocenters. The Morgan fingerprint density at radius 1 is 0.848 bits per heavy atom. The molecule has 4 atom stereocenters. The summed E-state index contributed by atoms with van der Waals surface area (Å²) in [5, 5.41) is 34.5. The Morgan fingerprint density at radius 3 is 1.88 bits per heavy atom. The summed E-state index contributed by atoms with van der Waals surface area (Å²) in [7, 11) is 0. The number of aliphatic carboxylic acids is 2. The smallest absolute Gasteiger partial charge is 0.326 e. The second-order valence-corrected chi connectivity index (χ2v) is 8.29. The van der Waals surface area contributed by atoms with Crippen LogP contribution >= 0.6 is 11.8 Å². The zero-order valence-corrected chi connectivity index (χ0v) is 19.4. The molecule has 0 aromatic heterocycles. The van der Waals surface area contributed by atoms with Gasteiger partial charge in [0.15, 0.2) is 0 Å². The number of carboxylic acid groups (broad SMARTS) is 2. The third-order valence-corrected chi connectivity index (χ3v) is 5.26. The summed E-state index contributed by atoms with van der Waals surface area (Å²) in [6, 6.07) is -4.93. The van der Waals surface area contributed by atoms with E-state index in [1.165, 1.54) is 11.8 Å². The number of nitrogens with one attached hydrogen (secondary N) is 3. The number of unbranched alkanes of at least 4 members (excludes halogenated alkanes) is 1. The lowest BCUT2D eigenvalue weighted by atomic mass is 10.1. The van der Waals surface area contributed by atoms with Gasteiger partial charge in [-0.15, -0.1) is 0 Å². The fourth-order valence-corrected chi connectivity index (χ4v) is 3.17. The molecule has 0 aromatic rings. The van der Waals surface area contributed by atoms with E-state index in [1.807, 2.05) is 0 Å². The first-order valence-electron chi connectivity index (χ1n) is 10.5. The van der Waals surface area contributed by atoms with Gasteiger partial charge in [0.05, 0.1) is 6.61 Å². The summed E-state index contributed by atoms with van der Waals surface area (Å²) in [4.78, 5) is 60.0. The molecule has 0 rings (SSSR count). The summed E-state index contributed by atoms with van der Waals surface area (Å²) in [5.74, 6) is -4.40. The molecule has 13 nitrogen and oxygen atoms in total. The van der Waals surface area contributed by atoms with Crippen LogP contribution in [0.4, 0.5) is 0 Å². The predicted octanol–water partition coefficient (Wildman–Crippen LogP) is -2.41. The molecular formula is C19H35N5O8S. The van der Waals surface area contributed by atoms with Crippen LogP contribution < -0.4 is 27.4 Å². The molecule has 0 heterocycles. The van der Waals surface area contributed by atoms with Gasteiger partial charge >= 0.3 is 11.9 Å². The van der Waals surface area contributed by atoms with Gasteiger partial charge in [-0.1, -0.05) is 0 Å². The van der Waals surface area contributed by atoms with E-state index in [4.69, 9.17) is 21.7 Å². The van der Waals surface area contributed by atoms with Gasteiger partial charge < -0.3 is 42.7 Å². The van der Waals surface area contributed by atoms with Crippen LogP contribution in [0.15, 0.2) is 0 Å². The number of rotatable bonds is 18. The van der Waals surface area contributed by atoms with Gasteiger partial charge in [0, 0.05) is 6.42 Å². The average molecular weight is 494 g/mol. The summed E-state index contributed by atoms with van der Waals surface area (Å²) >= 11 is 1.39. The van der Waals surface area contributed by atoms with Gasteiger partial charge in [0.25, 0.3) is 0 Å². The van der Waals surface area contributed by atoms with E-state index in [-0.39, 0.29) is 19.3 Å². The van der Waals surface area contributed by atoms with Crippen LogP contribution in [0.3, 0.4) is 0 Å². The minimum absolute atomic E-state index is 0.138. The second-order valence-electron chi connectivity index (χ2n) is 7.31. The SMILES string of the molecule is CSCCC(NC(=O)C(CCC(=O)O)NC(=O)C(CCCCN)NC(=O)C(N)CO)C(=O)O. The van der Waals surface area contributed by atoms with Crippen LogP contribution in [0.25, 0.3) is 0 Å². The number of hydrogen-bond acceptors (Lipinski definition) is 9. The number of carboxylic acids is 2. The number of carbonyl (C=O) groups is 5. The first-order chi connectivity index (χ1) is 15.6. The van der Waals surface area contributed by atoms with E-state index in [2.05, 4.69) is 16.0 Å². The highest BCUT2D eigenvalue weighted by atomic mass is 32.2. The second kappa shape index (κ2) is 17.1. The number of aliphatic hydroxyl groups excluding tert-OH is 1. The van der Waals surface area contributed by atoms with Crippen LogP contribution in [0.1, 0.15) is 38.5 Å². The zero-order chi connectivity index (χ0) is 25.4. The average Bonchev–Trinajstić information content (AvgIpc) is 2.77. The number of carbonyl (C=O) groups excluding carboxylic acids is 3. The van der Waals surface area contributed by atoms with Gasteiger partial charge in [-0.25, -0.2) is 4.79 Å². The molecule has 0 aliphatic heterocycles. The number of nitrogens with two attached hydrogens (primary N) is 2. The van der Waals surface area contributed by atoms with Crippen molar-refractivity contribution in [2.75, 3.05) is 25.2 Å². The van der Waals surface area contributed by atoms with E-state index in [1.54, 1.807) is 6.26 Å². The molecule has 0 aliphatic rings. The summed E-state index contributed by atoms with van der Waals surface area (Å²) in [5.41, 5.74) is 10.9. The lowest BCUT2D eigenvalue weighted by Gasteiger charge is -2.25. The van der Waals surface area contributed by atoms with Crippen molar-refractivity contribution in [3.05, 3.63) is 0 Å². The van der Waals surface area contributed by atoms with Crippen molar-refractivity contribution in [1.82, 2.24) is 16.0 Å². The van der Waals surface area contributed by atoms with Crippen molar-refractivity contribution >= 4 is 41.4 Å². The Kier molecular flexibility index (Phi) is 15.9. The maximum Gasteiger partial charge on any atom is 0.326 e. The van der Waals surface area contributed by atoms with E-state index < -0.39 is 66.9 Å². The van der Waals surface area contributed by atoms with E-state index in [9.17, 15) is 29.1 Å². The number of hydrogen-bond donors (Lipinski definition) is 8. The van der Waals surface area contributed by atoms with Gasteiger partial charge in [0.1, 0.15) is 24.2 Å². The first-order valence-corrected chi connectivity index (χ1v) is 11.9. The fourth-order valence-electron chi connectivity index (χ4n) is 2.70. The standard InChI is InChI=1S/C19H35N5O8S/c1-33-9-7-14(19(31)32)24-18(30)13(5-6-15(26)27)23-17(29)12(4-2-3-8-20)22-16(28)11(21)10-25/h11-14,25H,2-10,20-21H2,1H3,(H,22,28)(H,23,29)(H,24,30)(H,26,27)(H,31,32). The van der Waals surface area contributed by atoms with Crippen molar-refractivity contribution < 1.29 is 39.3 Å². The Labute approximate surface area is 196 Å². The minimum atomic E-state index is -1.34. The first kappa shape index (κ1) is 30.6. The van der Waals surface area contributed by atoms with Gasteiger partial charge in [0.2, 0.25) is 17.7 Å². The van der Waals surface area contributed by atoms with E-state index in [0.29, 0.717) is 25.1 Å². The molecular weight excluding hydrogens is 458 g/mol. The van der Waals surface area contributed by atoms with Gasteiger partial charge in [-0.3, -0.25) is 19.2 Å². The summed E-state index contributed by atoms with van der Waals surface area (Å²) < 4.78 is 0. The molecule has 33 heavy (non-hydrogen) atoms. The highest BCUT2D eigenvalue weighted by Crippen LogP contribution is 2.07. The van der Waals surface area contributed by atoms with Crippen LogP contribution in [-0.2, 0) is 24.0 Å². The zero-order valence-electron chi connectivity index (χ0n) is 18.6. The topological polar surface area (TPSA) is 234 Å². The maximum atomic E-state index is 12.8. The van der Waals surface area contributed by atoms with Crippen LogP contribution in [0, 0.1) is 0 Å². The normalized spacial score (nSPS) is 14.4. The molecule has 0 aromatic carbocycles. The van der Waals surface area contributed by atoms with Crippen molar-refractivity contribution in [3.63, 3.8) is 0 Å². The van der Waals surface area contributed by atoms with Gasteiger partial charge in [-0.05, 0) is 50.7 Å². The monoisotopic (exact) mass is 493 g/mol. The molecule has 190 valence electrons. The number of amides is 3. The van der Waals surface area contributed by atoms with Crippen LogP contribution in [0.2, 0.25) is 0 Å². The Balaban J connectivity index is 5.47. The third-order valence-electron chi connectivity index (χ3n) is 4.62. The quantitative estimate of drug-likeness (QED) is 0.0936. The van der Waals surface area contributed by atoms with Crippen LogP contribution in [0.5, 0.6) is 0 Å². The summed E-state index contributed by atoms with van der Waals surface area (Å²) in [6.45, 7) is -0.284. The predicted molar refractivity (Wildman–Crippen MR) is 121 cm³/mol. The van der Waals surface area contributed by atoms with Crippen molar-refractivity contribution in [2.45, 2.75) is 62.7 Å². The lowest BCUT2D eigenvalue weighted by Crippen LogP contribution is -2.57. The van der Waals surface area contributed by atoms with Gasteiger partial charge in [-0.2, -0.15) is 11.8 Å². The molecule has 0 radical (unpaired) electrons. The molecule has 0 aliphatic carbocycles. The highest BCUT2D eigenvalue weighted by Gasteiger charge is 2.30. The van der Waals surface area contributed by atoms with Crippen LogP contribution in [-0.4, -0.2) is 94.3 Å². The van der Waals surface area contributed by atoms with Crippen molar-refractivity contribution in [2.24, 2.45) is 11.5 Å². The molecule has 10 N–H and O–H groups in total. The Hall–Kier alpha value is -2.42. The Bertz CT molecular complexity index is 666. The Morgan fingerprint density at radius 2 is 1.39 bits per heavy atom. The molecule has 0 fully saturated rings. The summed E-state index contributed by atoms with van der Waals surface area (Å²) in [6.07, 6.45) is 2.35. The fraction of sp³-hybridized carbons (Fsp3) is 0.737. The molecule has 0 saturated heterocycles. The van der Waals surface area contributed by atoms with Crippen molar-refractivity contribution in [3.8, 4) is 0 Å². The largest absolute Gasteiger partial charge is 0.481 e. The van der Waals surface area contributed by atoms with Crippen molar-refractivity contribution in [1.29, 1.82) is 0 Å². The third kappa shape index (κ3) is 13.0. The maximum absolute atomic E-state index is 12.8. The molecule has 14 heteroatoms. The van der Waals surface area contributed by atoms with E-state index >= 15 is 0 Å². The molecule has 0 saturated carbocycles. The van der Waals surface area contributed by atoms with E-state index in [0.717, 1.165) is 0 Å². The lowest BCUT2D eigenvalue weighted by molar-refractivity contribution is -0.143. The molecule has 0 spiro atoms. The molecule has 0 bridgehead atoms.